The van der Waals surface area contributed by atoms with Gasteiger partial charge >= 0.3 is 0 Å². The molecule has 0 saturated heterocycles. The molecular weight excluding hydrogens is 162 g/mol. The van der Waals surface area contributed by atoms with Crippen LogP contribution < -0.4 is 0 Å². The Bertz CT molecular complexity index is 323. The average molecular weight is 175 g/mol. The van der Waals surface area contributed by atoms with Crippen molar-refractivity contribution in [1.82, 2.24) is 4.90 Å². The Morgan fingerprint density at radius 3 is 2.92 bits per heavy atom. The van der Waals surface area contributed by atoms with Crippen LogP contribution in [0.25, 0.3) is 0 Å². The highest BCUT2D eigenvalue weighted by molar-refractivity contribution is 5.43. The van der Waals surface area contributed by atoms with Gasteiger partial charge in [0.15, 0.2) is 0 Å². The first kappa shape index (κ1) is 8.17. The molecule has 0 aromatic heterocycles. The molecule has 1 unspecified atom stereocenters. The van der Waals surface area contributed by atoms with E-state index in [0.29, 0.717) is 0 Å². The third kappa shape index (κ3) is 1.28. The van der Waals surface area contributed by atoms with Crippen LogP contribution in [0.15, 0.2) is 47.9 Å². The SMILES string of the molecule is COC1=CC=CC2=CC=CN(C)C21. The Kier molecular flexibility index (Phi) is 1.97. The van der Waals surface area contributed by atoms with Crippen molar-refractivity contribution in [3.05, 3.63) is 47.9 Å². The van der Waals surface area contributed by atoms with Crippen LogP contribution >= 0.6 is 0 Å². The third-order valence-electron chi connectivity index (χ3n) is 2.39. The molecule has 1 aliphatic carbocycles. The maximum absolute atomic E-state index is 5.32. The molecule has 0 amide bonds. The number of rotatable bonds is 1. The first-order valence-corrected chi connectivity index (χ1v) is 4.35. The van der Waals surface area contributed by atoms with E-state index in [1.165, 1.54) is 5.57 Å². The van der Waals surface area contributed by atoms with E-state index in [-0.39, 0.29) is 6.04 Å². The number of hydrogen-bond donors (Lipinski definition) is 0. The molecule has 0 aromatic rings. The third-order valence-corrected chi connectivity index (χ3v) is 2.39. The molecule has 2 aliphatic rings. The Labute approximate surface area is 78.5 Å². The fourth-order valence-corrected chi connectivity index (χ4v) is 1.74. The van der Waals surface area contributed by atoms with E-state index in [9.17, 15) is 0 Å². The zero-order valence-electron chi connectivity index (χ0n) is 7.90. The standard InChI is InChI=1S/C11H13NO/c1-12-8-4-6-9-5-3-7-10(13-2)11(9)12/h3-8,11H,1-2H3. The van der Waals surface area contributed by atoms with Crippen LogP contribution in [-0.2, 0) is 4.74 Å². The minimum atomic E-state index is 0.264. The first-order chi connectivity index (χ1) is 6.33. The van der Waals surface area contributed by atoms with Crippen LogP contribution in [0.1, 0.15) is 0 Å². The molecule has 2 nitrogen and oxygen atoms in total. The summed E-state index contributed by atoms with van der Waals surface area (Å²) in [5.41, 5.74) is 1.28. The smallest absolute Gasteiger partial charge is 0.122 e. The zero-order chi connectivity index (χ0) is 9.26. The Balaban J connectivity index is 2.37. The molecule has 0 saturated carbocycles. The summed E-state index contributed by atoms with van der Waals surface area (Å²) in [7, 11) is 3.77. The number of likely N-dealkylation sites (N-methyl/N-ethyl adjacent to an activating group) is 1. The number of nitrogens with zero attached hydrogens (tertiary/aromatic N) is 1. The minimum absolute atomic E-state index is 0.264. The van der Waals surface area contributed by atoms with Crippen LogP contribution in [0.3, 0.4) is 0 Å². The van der Waals surface area contributed by atoms with Crippen molar-refractivity contribution in [3.8, 4) is 0 Å². The zero-order valence-corrected chi connectivity index (χ0v) is 7.90. The molecule has 0 radical (unpaired) electrons. The van der Waals surface area contributed by atoms with Crippen molar-refractivity contribution < 1.29 is 4.74 Å². The summed E-state index contributed by atoms with van der Waals surface area (Å²) >= 11 is 0. The Hall–Kier alpha value is -1.44. The van der Waals surface area contributed by atoms with Gasteiger partial charge in [0.1, 0.15) is 11.8 Å². The van der Waals surface area contributed by atoms with Crippen LogP contribution in [-0.4, -0.2) is 25.1 Å². The second-order valence-corrected chi connectivity index (χ2v) is 3.21. The van der Waals surface area contributed by atoms with E-state index in [1.54, 1.807) is 7.11 Å². The molecule has 68 valence electrons. The summed E-state index contributed by atoms with van der Waals surface area (Å²) in [5.74, 6) is 1.00. The van der Waals surface area contributed by atoms with Gasteiger partial charge in [-0.2, -0.15) is 0 Å². The highest BCUT2D eigenvalue weighted by Crippen LogP contribution is 2.26. The van der Waals surface area contributed by atoms with Crippen molar-refractivity contribution >= 4 is 0 Å². The van der Waals surface area contributed by atoms with E-state index < -0.39 is 0 Å². The Morgan fingerprint density at radius 2 is 2.15 bits per heavy atom. The second kappa shape index (κ2) is 3.13. The molecule has 0 spiro atoms. The first-order valence-electron chi connectivity index (χ1n) is 4.35. The highest BCUT2D eigenvalue weighted by Gasteiger charge is 2.24. The van der Waals surface area contributed by atoms with Crippen molar-refractivity contribution in [2.75, 3.05) is 14.2 Å². The van der Waals surface area contributed by atoms with Crippen LogP contribution in [0.5, 0.6) is 0 Å². The molecule has 0 fully saturated rings. The monoisotopic (exact) mass is 175 g/mol. The van der Waals surface area contributed by atoms with E-state index in [2.05, 4.69) is 36.4 Å². The van der Waals surface area contributed by atoms with Gasteiger partial charge in [-0.05, 0) is 23.9 Å². The fraction of sp³-hybridized carbons (Fsp3) is 0.273. The topological polar surface area (TPSA) is 12.5 Å². The number of fused-ring (bicyclic) bond motifs is 1. The molecular formula is C11H13NO. The lowest BCUT2D eigenvalue weighted by Gasteiger charge is -2.32. The quantitative estimate of drug-likeness (QED) is 0.603. The lowest BCUT2D eigenvalue weighted by molar-refractivity contribution is 0.223. The molecule has 13 heavy (non-hydrogen) atoms. The summed E-state index contributed by atoms with van der Waals surface area (Å²) in [6.07, 6.45) is 12.4. The van der Waals surface area contributed by atoms with Gasteiger partial charge in [0.2, 0.25) is 0 Å². The van der Waals surface area contributed by atoms with Crippen molar-refractivity contribution in [1.29, 1.82) is 0 Å². The van der Waals surface area contributed by atoms with Gasteiger partial charge in [0, 0.05) is 7.05 Å². The summed E-state index contributed by atoms with van der Waals surface area (Å²) in [6, 6.07) is 0.264. The molecule has 1 atom stereocenters. The molecule has 2 rings (SSSR count). The summed E-state index contributed by atoms with van der Waals surface area (Å²) in [4.78, 5) is 2.15. The van der Waals surface area contributed by atoms with Crippen LogP contribution in [0, 0.1) is 0 Å². The lowest BCUT2D eigenvalue weighted by atomic mass is 9.97. The van der Waals surface area contributed by atoms with E-state index in [4.69, 9.17) is 4.74 Å². The van der Waals surface area contributed by atoms with Gasteiger partial charge in [-0.15, -0.1) is 0 Å². The van der Waals surface area contributed by atoms with E-state index in [0.717, 1.165) is 5.76 Å². The predicted octanol–water partition coefficient (Wildman–Crippen LogP) is 1.84. The number of ether oxygens (including phenoxy) is 1. The molecule has 1 aliphatic heterocycles. The lowest BCUT2D eigenvalue weighted by Crippen LogP contribution is -2.33. The van der Waals surface area contributed by atoms with Gasteiger partial charge in [-0.25, -0.2) is 0 Å². The Morgan fingerprint density at radius 1 is 1.31 bits per heavy atom. The fourth-order valence-electron chi connectivity index (χ4n) is 1.74. The average Bonchev–Trinajstić information content (AvgIpc) is 2.17. The maximum Gasteiger partial charge on any atom is 0.122 e. The molecule has 0 N–H and O–H groups in total. The number of methoxy groups -OCH3 is 1. The normalized spacial score (nSPS) is 25.1. The number of hydrogen-bond acceptors (Lipinski definition) is 2. The van der Waals surface area contributed by atoms with Crippen molar-refractivity contribution in [2.24, 2.45) is 0 Å². The van der Waals surface area contributed by atoms with Crippen molar-refractivity contribution in [3.63, 3.8) is 0 Å². The van der Waals surface area contributed by atoms with Gasteiger partial charge in [-0.1, -0.05) is 18.2 Å². The van der Waals surface area contributed by atoms with Crippen LogP contribution in [0.4, 0.5) is 0 Å². The van der Waals surface area contributed by atoms with E-state index >= 15 is 0 Å². The molecule has 1 heterocycles. The van der Waals surface area contributed by atoms with Crippen molar-refractivity contribution in [2.45, 2.75) is 6.04 Å². The largest absolute Gasteiger partial charge is 0.499 e. The summed E-state index contributed by atoms with van der Waals surface area (Å²) < 4.78 is 5.32. The van der Waals surface area contributed by atoms with Gasteiger partial charge in [0.25, 0.3) is 0 Å². The van der Waals surface area contributed by atoms with Gasteiger partial charge in [-0.3, -0.25) is 0 Å². The predicted molar refractivity (Wildman–Crippen MR) is 53.0 cm³/mol. The highest BCUT2D eigenvalue weighted by atomic mass is 16.5. The summed E-state index contributed by atoms with van der Waals surface area (Å²) in [5, 5.41) is 0. The molecule has 0 bridgehead atoms. The summed E-state index contributed by atoms with van der Waals surface area (Å²) in [6.45, 7) is 0. The van der Waals surface area contributed by atoms with Gasteiger partial charge in [0.05, 0.1) is 7.11 Å². The molecule has 0 aromatic carbocycles. The number of allylic oxidation sites excluding steroid dienone is 4. The molecule has 2 heteroatoms. The second-order valence-electron chi connectivity index (χ2n) is 3.21. The minimum Gasteiger partial charge on any atom is -0.499 e. The van der Waals surface area contributed by atoms with Crippen LogP contribution in [0.2, 0.25) is 0 Å². The maximum atomic E-state index is 5.32. The van der Waals surface area contributed by atoms with Gasteiger partial charge < -0.3 is 9.64 Å². The van der Waals surface area contributed by atoms with E-state index in [1.807, 2.05) is 12.2 Å².